The van der Waals surface area contributed by atoms with Crippen molar-refractivity contribution in [1.82, 2.24) is 19.7 Å². The van der Waals surface area contributed by atoms with Crippen molar-refractivity contribution in [2.75, 3.05) is 10.6 Å². The summed E-state index contributed by atoms with van der Waals surface area (Å²) in [6.45, 7) is 3.73. The molecule has 8 nitrogen and oxygen atoms in total. The monoisotopic (exact) mass is 400 g/mol. The minimum atomic E-state index is -0.312. The summed E-state index contributed by atoms with van der Waals surface area (Å²) in [4.78, 5) is 20.9. The first-order valence-electron chi connectivity index (χ1n) is 9.34. The molecule has 4 aromatic rings. The van der Waals surface area contributed by atoms with E-state index in [1.54, 1.807) is 54.3 Å². The summed E-state index contributed by atoms with van der Waals surface area (Å²) in [5.41, 5.74) is 2.40. The molecule has 4 rings (SSSR count). The molecule has 0 spiro atoms. The SMILES string of the molecule is Cc1nc(Oc2ccc(NC(=O)Nc3ccccc3C)cc2)cc(-n2cccn2)n1. The molecular formula is C22H20N6O2. The van der Waals surface area contributed by atoms with E-state index in [1.807, 2.05) is 37.3 Å². The lowest BCUT2D eigenvalue weighted by molar-refractivity contribution is 0.262. The average molecular weight is 400 g/mol. The van der Waals surface area contributed by atoms with E-state index < -0.39 is 0 Å². The number of nitrogens with zero attached hydrogens (tertiary/aromatic N) is 4. The van der Waals surface area contributed by atoms with Crippen molar-refractivity contribution < 1.29 is 9.53 Å². The van der Waals surface area contributed by atoms with Crippen molar-refractivity contribution >= 4 is 17.4 Å². The van der Waals surface area contributed by atoms with Gasteiger partial charge < -0.3 is 15.4 Å². The lowest BCUT2D eigenvalue weighted by Crippen LogP contribution is -2.19. The van der Waals surface area contributed by atoms with Gasteiger partial charge in [-0.25, -0.2) is 14.5 Å². The molecule has 0 radical (unpaired) electrons. The van der Waals surface area contributed by atoms with Gasteiger partial charge >= 0.3 is 6.03 Å². The van der Waals surface area contributed by atoms with E-state index >= 15 is 0 Å². The molecule has 2 heterocycles. The summed E-state index contributed by atoms with van der Waals surface area (Å²) in [5.74, 6) is 2.19. The molecule has 8 heteroatoms. The minimum absolute atomic E-state index is 0.312. The number of urea groups is 1. The highest BCUT2D eigenvalue weighted by atomic mass is 16.5. The second-order valence-corrected chi connectivity index (χ2v) is 6.58. The van der Waals surface area contributed by atoms with Gasteiger partial charge in [0.2, 0.25) is 5.88 Å². The molecule has 0 aliphatic heterocycles. The van der Waals surface area contributed by atoms with Crippen molar-refractivity contribution in [3.63, 3.8) is 0 Å². The van der Waals surface area contributed by atoms with Gasteiger partial charge in [-0.2, -0.15) is 10.1 Å². The molecule has 2 aromatic carbocycles. The van der Waals surface area contributed by atoms with Crippen molar-refractivity contribution in [3.8, 4) is 17.4 Å². The molecule has 150 valence electrons. The van der Waals surface area contributed by atoms with Crippen molar-refractivity contribution in [2.45, 2.75) is 13.8 Å². The molecule has 30 heavy (non-hydrogen) atoms. The number of rotatable bonds is 5. The number of amides is 2. The van der Waals surface area contributed by atoms with Gasteiger partial charge in [-0.3, -0.25) is 0 Å². The van der Waals surface area contributed by atoms with Crippen LogP contribution in [0.1, 0.15) is 11.4 Å². The lowest BCUT2D eigenvalue weighted by atomic mass is 10.2. The first kappa shape index (κ1) is 19.1. The van der Waals surface area contributed by atoms with E-state index in [0.29, 0.717) is 29.0 Å². The van der Waals surface area contributed by atoms with Crippen LogP contribution in [0.5, 0.6) is 11.6 Å². The topological polar surface area (TPSA) is 94.0 Å². The zero-order valence-electron chi connectivity index (χ0n) is 16.5. The van der Waals surface area contributed by atoms with Crippen molar-refractivity contribution in [2.24, 2.45) is 0 Å². The van der Waals surface area contributed by atoms with Gasteiger partial charge in [0.25, 0.3) is 0 Å². The van der Waals surface area contributed by atoms with Crippen LogP contribution < -0.4 is 15.4 Å². The third-order valence-electron chi connectivity index (χ3n) is 4.27. The van der Waals surface area contributed by atoms with Crippen LogP contribution in [0.15, 0.2) is 73.1 Å². The maximum absolute atomic E-state index is 12.2. The molecule has 0 fully saturated rings. The van der Waals surface area contributed by atoms with Gasteiger partial charge in [0.05, 0.1) is 0 Å². The zero-order valence-corrected chi connectivity index (χ0v) is 16.5. The van der Waals surface area contributed by atoms with Crippen LogP contribution in [-0.4, -0.2) is 25.8 Å². The Morgan fingerprint density at radius 1 is 0.967 bits per heavy atom. The Morgan fingerprint density at radius 2 is 1.77 bits per heavy atom. The molecule has 2 N–H and O–H groups in total. The normalized spacial score (nSPS) is 10.5. The number of aryl methyl sites for hydroxylation is 2. The number of hydrogen-bond donors (Lipinski definition) is 2. The number of anilines is 2. The van der Waals surface area contributed by atoms with E-state index in [2.05, 4.69) is 25.7 Å². The summed E-state index contributed by atoms with van der Waals surface area (Å²) in [7, 11) is 0. The molecule has 0 atom stereocenters. The van der Waals surface area contributed by atoms with E-state index in [1.165, 1.54) is 0 Å². The maximum atomic E-state index is 12.2. The Kier molecular flexibility index (Phi) is 5.38. The molecule has 2 amide bonds. The summed E-state index contributed by atoms with van der Waals surface area (Å²) in [5, 5.41) is 9.81. The van der Waals surface area contributed by atoms with Gasteiger partial charge in [0.1, 0.15) is 11.6 Å². The van der Waals surface area contributed by atoms with Crippen LogP contribution in [0.3, 0.4) is 0 Å². The van der Waals surface area contributed by atoms with Gasteiger partial charge in [-0.15, -0.1) is 0 Å². The molecule has 2 aromatic heterocycles. The quantitative estimate of drug-likeness (QED) is 0.506. The summed E-state index contributed by atoms with van der Waals surface area (Å²) < 4.78 is 7.49. The fraction of sp³-hybridized carbons (Fsp3) is 0.0909. The maximum Gasteiger partial charge on any atom is 0.323 e. The first-order valence-corrected chi connectivity index (χ1v) is 9.34. The van der Waals surface area contributed by atoms with E-state index in [9.17, 15) is 4.79 Å². The van der Waals surface area contributed by atoms with Crippen LogP contribution in [-0.2, 0) is 0 Å². The van der Waals surface area contributed by atoms with Gasteiger partial charge in [-0.05, 0) is 55.8 Å². The standard InChI is InChI=1S/C22H20N6O2/c1-15-6-3-4-7-19(15)27-22(29)26-17-8-10-18(11-9-17)30-21-14-20(24-16(2)25-21)28-13-5-12-23-28/h3-14H,1-2H3,(H2,26,27,29). The Morgan fingerprint density at radius 3 is 2.50 bits per heavy atom. The second-order valence-electron chi connectivity index (χ2n) is 6.58. The van der Waals surface area contributed by atoms with E-state index in [0.717, 1.165) is 11.3 Å². The van der Waals surface area contributed by atoms with Gasteiger partial charge in [0, 0.05) is 29.8 Å². The number of aromatic nitrogens is 4. The summed E-state index contributed by atoms with van der Waals surface area (Å²) in [6, 6.07) is 17.8. The number of benzene rings is 2. The molecule has 0 saturated carbocycles. The summed E-state index contributed by atoms with van der Waals surface area (Å²) in [6.07, 6.45) is 3.48. The Balaban J connectivity index is 1.42. The molecule has 0 unspecified atom stereocenters. The largest absolute Gasteiger partial charge is 0.439 e. The second kappa shape index (κ2) is 8.44. The van der Waals surface area contributed by atoms with Gasteiger partial charge in [0.15, 0.2) is 5.82 Å². The number of para-hydroxylation sites is 1. The molecule has 0 aliphatic carbocycles. The number of ether oxygens (including phenoxy) is 1. The Bertz CT molecular complexity index is 1160. The number of carbonyl (C=O) groups is 1. The van der Waals surface area contributed by atoms with Crippen LogP contribution in [0.25, 0.3) is 5.82 Å². The fourth-order valence-electron chi connectivity index (χ4n) is 2.82. The molecular weight excluding hydrogens is 380 g/mol. The van der Waals surface area contributed by atoms with Crippen LogP contribution in [0, 0.1) is 13.8 Å². The van der Waals surface area contributed by atoms with Crippen molar-refractivity contribution in [3.05, 3.63) is 84.4 Å². The van der Waals surface area contributed by atoms with Crippen LogP contribution in [0.4, 0.5) is 16.2 Å². The lowest BCUT2D eigenvalue weighted by Gasteiger charge is -2.11. The number of carbonyl (C=O) groups excluding carboxylic acids is 1. The third kappa shape index (κ3) is 4.61. The highest BCUT2D eigenvalue weighted by molar-refractivity contribution is 6.00. The van der Waals surface area contributed by atoms with E-state index in [4.69, 9.17) is 4.74 Å². The summed E-state index contributed by atoms with van der Waals surface area (Å²) >= 11 is 0. The Labute approximate surface area is 173 Å². The smallest absolute Gasteiger partial charge is 0.323 e. The third-order valence-corrected chi connectivity index (χ3v) is 4.27. The van der Waals surface area contributed by atoms with E-state index in [-0.39, 0.29) is 6.03 Å². The van der Waals surface area contributed by atoms with Crippen LogP contribution in [0.2, 0.25) is 0 Å². The molecule has 0 aliphatic rings. The van der Waals surface area contributed by atoms with Crippen LogP contribution >= 0.6 is 0 Å². The minimum Gasteiger partial charge on any atom is -0.439 e. The zero-order chi connectivity index (χ0) is 20.9. The highest BCUT2D eigenvalue weighted by Gasteiger charge is 2.08. The fourth-order valence-corrected chi connectivity index (χ4v) is 2.82. The number of hydrogen-bond acceptors (Lipinski definition) is 5. The predicted molar refractivity (Wildman–Crippen MR) is 114 cm³/mol. The van der Waals surface area contributed by atoms with Gasteiger partial charge in [-0.1, -0.05) is 18.2 Å². The number of nitrogens with one attached hydrogen (secondary N) is 2. The highest BCUT2D eigenvalue weighted by Crippen LogP contribution is 2.23. The molecule has 0 saturated heterocycles. The Hall–Kier alpha value is -4.20. The molecule has 0 bridgehead atoms. The van der Waals surface area contributed by atoms with Crippen molar-refractivity contribution in [1.29, 1.82) is 0 Å². The first-order chi connectivity index (χ1) is 14.6. The average Bonchev–Trinajstić information content (AvgIpc) is 3.26. The predicted octanol–water partition coefficient (Wildman–Crippen LogP) is 4.72.